The minimum Gasteiger partial charge on any atom is -0.379 e. The molecule has 1 amide bonds. The van der Waals surface area contributed by atoms with E-state index in [4.69, 9.17) is 9.94 Å². The Bertz CT molecular complexity index is 1150. The lowest BCUT2D eigenvalue weighted by Crippen LogP contribution is -2.39. The van der Waals surface area contributed by atoms with Crippen molar-refractivity contribution in [2.75, 3.05) is 13.2 Å². The van der Waals surface area contributed by atoms with E-state index in [2.05, 4.69) is 9.55 Å². The van der Waals surface area contributed by atoms with Gasteiger partial charge >= 0.3 is 0 Å². The first-order valence-electron chi connectivity index (χ1n) is 9.18. The second-order valence-corrected chi connectivity index (χ2v) is 9.25. The average Bonchev–Trinajstić information content (AvgIpc) is 3.34. The van der Waals surface area contributed by atoms with Crippen LogP contribution in [0.3, 0.4) is 0 Å². The summed E-state index contributed by atoms with van der Waals surface area (Å²) in [6.45, 7) is 2.38. The summed E-state index contributed by atoms with van der Waals surface area (Å²) in [5.74, 6) is -0.816. The topological polar surface area (TPSA) is 111 Å². The van der Waals surface area contributed by atoms with E-state index >= 15 is 0 Å². The van der Waals surface area contributed by atoms with Crippen molar-refractivity contribution >= 4 is 26.8 Å². The fraction of sp³-hybridized carbons (Fsp3) is 0.300. The Labute approximate surface area is 168 Å². The van der Waals surface area contributed by atoms with Crippen molar-refractivity contribution in [1.82, 2.24) is 15.0 Å². The minimum absolute atomic E-state index is 0.0403. The van der Waals surface area contributed by atoms with Crippen molar-refractivity contribution in [2.45, 2.75) is 23.6 Å². The van der Waals surface area contributed by atoms with E-state index in [1.165, 1.54) is 5.48 Å². The van der Waals surface area contributed by atoms with E-state index in [1.54, 1.807) is 24.3 Å². The summed E-state index contributed by atoms with van der Waals surface area (Å²) in [6, 6.07) is 14.5. The van der Waals surface area contributed by atoms with Crippen molar-refractivity contribution in [2.24, 2.45) is 5.92 Å². The number of sulfone groups is 1. The summed E-state index contributed by atoms with van der Waals surface area (Å²) in [4.78, 5) is 16.4. The highest BCUT2D eigenvalue weighted by Gasteiger charge is 2.43. The average molecular weight is 415 g/mol. The molecule has 2 unspecified atom stereocenters. The number of amides is 1. The lowest BCUT2D eigenvalue weighted by atomic mass is 10.1. The van der Waals surface area contributed by atoms with Crippen molar-refractivity contribution < 1.29 is 23.2 Å². The van der Waals surface area contributed by atoms with Crippen LogP contribution in [0.25, 0.3) is 11.0 Å². The Morgan fingerprint density at radius 1 is 1.21 bits per heavy atom. The van der Waals surface area contributed by atoms with E-state index < -0.39 is 26.9 Å². The highest BCUT2D eigenvalue weighted by atomic mass is 32.2. The van der Waals surface area contributed by atoms with Gasteiger partial charge in [-0.3, -0.25) is 10.0 Å². The van der Waals surface area contributed by atoms with E-state index in [9.17, 15) is 13.2 Å². The molecule has 0 bridgehead atoms. The summed E-state index contributed by atoms with van der Waals surface area (Å²) in [7, 11) is -3.78. The smallest absolute Gasteiger partial charge is 0.250 e. The number of carbonyl (C=O) groups is 1. The van der Waals surface area contributed by atoms with Crippen LogP contribution in [0.4, 0.5) is 0 Å². The fourth-order valence-corrected chi connectivity index (χ4v) is 5.48. The zero-order valence-corrected chi connectivity index (χ0v) is 16.6. The van der Waals surface area contributed by atoms with Gasteiger partial charge in [-0.25, -0.2) is 18.9 Å². The summed E-state index contributed by atoms with van der Waals surface area (Å²) >= 11 is 0. The number of hydroxylamine groups is 1. The van der Waals surface area contributed by atoms with Gasteiger partial charge < -0.3 is 9.30 Å². The van der Waals surface area contributed by atoms with Crippen molar-refractivity contribution in [3.63, 3.8) is 0 Å². The molecule has 8 nitrogen and oxygen atoms in total. The number of carbonyl (C=O) groups excluding carboxylic acids is 1. The molecule has 4 rings (SSSR count). The highest BCUT2D eigenvalue weighted by molar-refractivity contribution is 7.92. The van der Waals surface area contributed by atoms with Gasteiger partial charge in [0.25, 0.3) is 0 Å². The Morgan fingerprint density at radius 3 is 2.66 bits per heavy atom. The van der Waals surface area contributed by atoms with E-state index in [0.717, 1.165) is 22.4 Å². The number of para-hydroxylation sites is 2. The van der Waals surface area contributed by atoms with Crippen LogP contribution in [-0.2, 0) is 25.9 Å². The minimum atomic E-state index is -3.78. The molecule has 9 heteroatoms. The highest BCUT2D eigenvalue weighted by Crippen LogP contribution is 2.27. The van der Waals surface area contributed by atoms with E-state index in [1.807, 2.05) is 31.2 Å². The number of hydrogen-bond donors (Lipinski definition) is 2. The first-order chi connectivity index (χ1) is 13.9. The number of nitrogens with one attached hydrogen (secondary N) is 1. The van der Waals surface area contributed by atoms with Crippen LogP contribution < -0.4 is 5.48 Å². The third-order valence-electron chi connectivity index (χ3n) is 5.31. The van der Waals surface area contributed by atoms with Crippen molar-refractivity contribution in [3.8, 4) is 0 Å². The zero-order chi connectivity index (χ0) is 20.6. The quantitative estimate of drug-likeness (QED) is 0.485. The van der Waals surface area contributed by atoms with Gasteiger partial charge in [0, 0.05) is 6.54 Å². The predicted molar refractivity (Wildman–Crippen MR) is 105 cm³/mol. The molecule has 1 fully saturated rings. The molecule has 2 aromatic carbocycles. The number of fused-ring (bicyclic) bond motifs is 1. The molecule has 0 saturated carbocycles. The van der Waals surface area contributed by atoms with Crippen molar-refractivity contribution in [3.05, 3.63) is 59.9 Å². The first kappa shape index (κ1) is 19.6. The lowest BCUT2D eigenvalue weighted by Gasteiger charge is -2.16. The number of ether oxygens (including phenoxy) is 1. The number of benzene rings is 2. The molecule has 1 saturated heterocycles. The van der Waals surface area contributed by atoms with Crippen LogP contribution in [0, 0.1) is 12.8 Å². The summed E-state index contributed by atoms with van der Waals surface area (Å²) < 4.78 is 33.2. The Balaban J connectivity index is 1.59. The molecule has 1 aliphatic heterocycles. The molecule has 0 aliphatic carbocycles. The van der Waals surface area contributed by atoms with Crippen LogP contribution in [0.5, 0.6) is 0 Å². The molecule has 0 radical (unpaired) electrons. The normalized spacial score (nSPS) is 19.5. The molecule has 152 valence electrons. The second-order valence-electron chi connectivity index (χ2n) is 7.08. The monoisotopic (exact) mass is 415 g/mol. The Hall–Kier alpha value is -2.75. The number of nitrogens with zero attached hydrogens (tertiary/aromatic N) is 2. The third kappa shape index (κ3) is 3.52. The van der Waals surface area contributed by atoms with Crippen LogP contribution in [0.1, 0.15) is 11.4 Å². The standard InChI is InChI=1S/C20H21N3O5S/c1-13-21-17-4-2-3-5-18(17)23(13)10-14-6-8-15(9-7-14)29(26,27)19-12-28-11-16(19)20(24)22-25/h2-9,16,19,25H,10-12H2,1H3,(H,22,24). The molecule has 1 aliphatic rings. The molecule has 2 atom stereocenters. The zero-order valence-electron chi connectivity index (χ0n) is 15.8. The van der Waals surface area contributed by atoms with Gasteiger partial charge in [-0.1, -0.05) is 24.3 Å². The number of aromatic nitrogens is 2. The van der Waals surface area contributed by atoms with Gasteiger partial charge in [0.15, 0.2) is 9.84 Å². The SMILES string of the molecule is Cc1nc2ccccc2n1Cc1ccc(S(=O)(=O)C2COCC2C(=O)NO)cc1. The third-order valence-corrected chi connectivity index (χ3v) is 7.50. The fourth-order valence-electron chi connectivity index (χ4n) is 3.71. The number of rotatable bonds is 5. The number of imidazole rings is 1. The van der Waals surface area contributed by atoms with Gasteiger partial charge in [-0.05, 0) is 36.8 Å². The maximum atomic E-state index is 13.0. The van der Waals surface area contributed by atoms with Gasteiger partial charge in [-0.15, -0.1) is 0 Å². The maximum absolute atomic E-state index is 13.0. The number of aryl methyl sites for hydroxylation is 1. The largest absolute Gasteiger partial charge is 0.379 e. The number of hydrogen-bond acceptors (Lipinski definition) is 6. The van der Waals surface area contributed by atoms with Gasteiger partial charge in [0.2, 0.25) is 5.91 Å². The summed E-state index contributed by atoms with van der Waals surface area (Å²) in [5, 5.41) is 7.82. The van der Waals surface area contributed by atoms with Crippen LogP contribution in [0.2, 0.25) is 0 Å². The molecular weight excluding hydrogens is 394 g/mol. The second kappa shape index (κ2) is 7.58. The van der Waals surface area contributed by atoms with E-state index in [-0.39, 0.29) is 18.1 Å². The predicted octanol–water partition coefficient (Wildman–Crippen LogP) is 1.69. The van der Waals surface area contributed by atoms with Gasteiger partial charge in [-0.2, -0.15) is 0 Å². The van der Waals surface area contributed by atoms with Crippen LogP contribution in [-0.4, -0.2) is 47.5 Å². The molecule has 1 aromatic heterocycles. The summed E-state index contributed by atoms with van der Waals surface area (Å²) in [5.41, 5.74) is 4.39. The Kier molecular flexibility index (Phi) is 5.12. The summed E-state index contributed by atoms with van der Waals surface area (Å²) in [6.07, 6.45) is 0. The molecular formula is C20H21N3O5S. The molecule has 2 N–H and O–H groups in total. The lowest BCUT2D eigenvalue weighted by molar-refractivity contribution is -0.133. The first-order valence-corrected chi connectivity index (χ1v) is 10.7. The van der Waals surface area contributed by atoms with Crippen molar-refractivity contribution in [1.29, 1.82) is 0 Å². The molecule has 2 heterocycles. The maximum Gasteiger partial charge on any atom is 0.250 e. The van der Waals surface area contributed by atoms with Crippen LogP contribution in [0.15, 0.2) is 53.4 Å². The van der Waals surface area contributed by atoms with E-state index in [0.29, 0.717) is 6.54 Å². The molecule has 3 aromatic rings. The van der Waals surface area contributed by atoms with Gasteiger partial charge in [0.1, 0.15) is 11.1 Å². The molecule has 29 heavy (non-hydrogen) atoms. The van der Waals surface area contributed by atoms with Crippen LogP contribution >= 0.6 is 0 Å². The van der Waals surface area contributed by atoms with Gasteiger partial charge in [0.05, 0.1) is 35.1 Å². The molecule has 0 spiro atoms. The Morgan fingerprint density at radius 2 is 1.93 bits per heavy atom.